The maximum atomic E-state index is 12.9. The number of hydrogen-bond donors (Lipinski definition) is 2. The molecule has 0 aliphatic rings. The molecule has 0 saturated heterocycles. The number of rotatable bonds is 5. The first-order chi connectivity index (χ1) is 13.9. The molecule has 9 heteroatoms. The SMILES string of the molecule is O=S(=O)(Nc1nc2ccccc2nc1Nc1ccccc1I)c1ccc(Br)cc1. The zero-order valence-electron chi connectivity index (χ0n) is 14.8. The van der Waals surface area contributed by atoms with Crippen LogP contribution >= 0.6 is 38.5 Å². The van der Waals surface area contributed by atoms with Crippen molar-refractivity contribution in [3.63, 3.8) is 0 Å². The molecule has 4 rings (SSSR count). The second kappa shape index (κ2) is 8.25. The Morgan fingerprint density at radius 2 is 1.38 bits per heavy atom. The fourth-order valence-electron chi connectivity index (χ4n) is 2.65. The van der Waals surface area contributed by atoms with Crippen LogP contribution in [0.3, 0.4) is 0 Å². The van der Waals surface area contributed by atoms with E-state index in [2.05, 4.69) is 58.5 Å². The smallest absolute Gasteiger partial charge is 0.263 e. The molecular weight excluding hydrogens is 567 g/mol. The maximum Gasteiger partial charge on any atom is 0.263 e. The summed E-state index contributed by atoms with van der Waals surface area (Å²) in [6.07, 6.45) is 0. The molecule has 1 heterocycles. The minimum Gasteiger partial charge on any atom is -0.336 e. The molecule has 0 bridgehead atoms. The summed E-state index contributed by atoms with van der Waals surface area (Å²) in [5.74, 6) is 0.458. The molecule has 0 unspecified atom stereocenters. The lowest BCUT2D eigenvalue weighted by Crippen LogP contribution is -2.16. The summed E-state index contributed by atoms with van der Waals surface area (Å²) in [5, 5.41) is 3.20. The van der Waals surface area contributed by atoms with E-state index in [0.717, 1.165) is 13.7 Å². The van der Waals surface area contributed by atoms with E-state index in [1.165, 1.54) is 12.1 Å². The summed E-state index contributed by atoms with van der Waals surface area (Å²) in [5.41, 5.74) is 2.06. The van der Waals surface area contributed by atoms with Gasteiger partial charge in [0, 0.05) is 8.04 Å². The van der Waals surface area contributed by atoms with E-state index in [1.807, 2.05) is 42.5 Å². The van der Waals surface area contributed by atoms with Crippen molar-refractivity contribution >= 4 is 76.9 Å². The number of nitrogens with one attached hydrogen (secondary N) is 2. The van der Waals surface area contributed by atoms with Gasteiger partial charge in [-0.15, -0.1) is 0 Å². The highest BCUT2D eigenvalue weighted by atomic mass is 127. The van der Waals surface area contributed by atoms with Gasteiger partial charge < -0.3 is 5.32 Å². The Morgan fingerprint density at radius 3 is 2.03 bits per heavy atom. The number of halogens is 2. The monoisotopic (exact) mass is 580 g/mol. The van der Waals surface area contributed by atoms with E-state index in [-0.39, 0.29) is 10.7 Å². The fraction of sp³-hybridized carbons (Fsp3) is 0. The first-order valence-electron chi connectivity index (χ1n) is 8.49. The molecule has 146 valence electrons. The maximum absolute atomic E-state index is 12.9. The van der Waals surface area contributed by atoms with E-state index in [9.17, 15) is 8.42 Å². The Morgan fingerprint density at radius 1 is 0.793 bits per heavy atom. The van der Waals surface area contributed by atoms with Gasteiger partial charge in [-0.25, -0.2) is 18.4 Å². The minimum atomic E-state index is -3.84. The lowest BCUT2D eigenvalue weighted by atomic mass is 10.3. The van der Waals surface area contributed by atoms with Gasteiger partial charge in [0.2, 0.25) is 0 Å². The number of hydrogen-bond acceptors (Lipinski definition) is 5. The van der Waals surface area contributed by atoms with E-state index in [1.54, 1.807) is 18.2 Å². The van der Waals surface area contributed by atoms with Crippen molar-refractivity contribution in [2.75, 3.05) is 10.0 Å². The summed E-state index contributed by atoms with van der Waals surface area (Å²) in [6.45, 7) is 0. The van der Waals surface area contributed by atoms with Crippen LogP contribution in [0.15, 0.2) is 82.2 Å². The Kier molecular flexibility index (Phi) is 5.70. The van der Waals surface area contributed by atoms with Crippen LogP contribution in [-0.4, -0.2) is 18.4 Å². The van der Waals surface area contributed by atoms with Crippen molar-refractivity contribution in [1.29, 1.82) is 0 Å². The minimum absolute atomic E-state index is 0.131. The highest BCUT2D eigenvalue weighted by molar-refractivity contribution is 14.1. The average molecular weight is 581 g/mol. The molecule has 0 spiro atoms. The van der Waals surface area contributed by atoms with Gasteiger partial charge in [-0.05, 0) is 71.1 Å². The molecule has 6 nitrogen and oxygen atoms in total. The molecule has 0 radical (unpaired) electrons. The Bertz CT molecular complexity index is 1300. The highest BCUT2D eigenvalue weighted by Gasteiger charge is 2.19. The molecule has 0 saturated carbocycles. The van der Waals surface area contributed by atoms with Crippen molar-refractivity contribution in [3.05, 3.63) is 80.8 Å². The summed E-state index contributed by atoms with van der Waals surface area (Å²) in [7, 11) is -3.84. The molecule has 0 aliphatic carbocycles. The molecule has 0 amide bonds. The van der Waals surface area contributed by atoms with E-state index in [0.29, 0.717) is 16.9 Å². The first kappa shape index (κ1) is 20.0. The Balaban J connectivity index is 1.79. The number of sulfonamides is 1. The molecule has 1 aromatic heterocycles. The van der Waals surface area contributed by atoms with Gasteiger partial charge in [0.25, 0.3) is 10.0 Å². The summed E-state index contributed by atoms with van der Waals surface area (Å²) in [4.78, 5) is 9.23. The average Bonchev–Trinajstić information content (AvgIpc) is 2.70. The third-order valence-electron chi connectivity index (χ3n) is 4.05. The topological polar surface area (TPSA) is 84.0 Å². The molecule has 2 N–H and O–H groups in total. The van der Waals surface area contributed by atoms with E-state index in [4.69, 9.17) is 0 Å². The van der Waals surface area contributed by atoms with Gasteiger partial charge in [-0.1, -0.05) is 40.2 Å². The lowest BCUT2D eigenvalue weighted by molar-refractivity contribution is 0.601. The van der Waals surface area contributed by atoms with Gasteiger partial charge >= 0.3 is 0 Å². The molecule has 0 fully saturated rings. The standard InChI is InChI=1S/C20H14BrIN4O2S/c21-13-9-11-14(12-10-13)29(27,28)26-20-19(23-16-6-2-1-5-15(16)22)24-17-7-3-4-8-18(17)25-20/h1-12H,(H,23,24)(H,25,26). The van der Waals surface area contributed by atoms with Gasteiger partial charge in [0.15, 0.2) is 11.6 Å². The molecular formula is C20H14BrIN4O2S. The van der Waals surface area contributed by atoms with Crippen LogP contribution in [0.1, 0.15) is 0 Å². The molecule has 3 aromatic carbocycles. The molecule has 29 heavy (non-hydrogen) atoms. The number of benzene rings is 3. The number of aromatic nitrogens is 2. The summed E-state index contributed by atoms with van der Waals surface area (Å²) in [6, 6.07) is 21.4. The van der Waals surface area contributed by atoms with Crippen molar-refractivity contribution < 1.29 is 8.42 Å². The summed E-state index contributed by atoms with van der Waals surface area (Å²) >= 11 is 5.52. The van der Waals surface area contributed by atoms with Crippen molar-refractivity contribution in [2.24, 2.45) is 0 Å². The first-order valence-corrected chi connectivity index (χ1v) is 11.8. The van der Waals surface area contributed by atoms with Gasteiger partial charge in [-0.2, -0.15) is 0 Å². The number of fused-ring (bicyclic) bond motifs is 1. The van der Waals surface area contributed by atoms with Gasteiger partial charge in [0.05, 0.1) is 21.6 Å². The number of nitrogens with zero attached hydrogens (tertiary/aromatic N) is 2. The van der Waals surface area contributed by atoms with Crippen molar-refractivity contribution in [2.45, 2.75) is 4.90 Å². The third-order valence-corrected chi connectivity index (χ3v) is 6.88. The van der Waals surface area contributed by atoms with Crippen molar-refractivity contribution in [1.82, 2.24) is 9.97 Å². The normalized spacial score (nSPS) is 11.4. The number of para-hydroxylation sites is 3. The highest BCUT2D eigenvalue weighted by Crippen LogP contribution is 2.29. The van der Waals surface area contributed by atoms with Crippen LogP contribution in [-0.2, 0) is 10.0 Å². The summed E-state index contributed by atoms with van der Waals surface area (Å²) < 4.78 is 30.1. The van der Waals surface area contributed by atoms with Crippen LogP contribution < -0.4 is 10.0 Å². The lowest BCUT2D eigenvalue weighted by Gasteiger charge is -2.14. The van der Waals surface area contributed by atoms with Crippen LogP contribution in [0, 0.1) is 3.57 Å². The zero-order valence-corrected chi connectivity index (χ0v) is 19.4. The molecule has 0 aliphatic heterocycles. The van der Waals surface area contributed by atoms with Crippen LogP contribution in [0.5, 0.6) is 0 Å². The molecule has 4 aromatic rings. The Labute approximate surface area is 190 Å². The predicted molar refractivity (Wildman–Crippen MR) is 127 cm³/mol. The third kappa shape index (κ3) is 4.51. The van der Waals surface area contributed by atoms with Crippen LogP contribution in [0.2, 0.25) is 0 Å². The second-order valence-electron chi connectivity index (χ2n) is 6.07. The van der Waals surface area contributed by atoms with Crippen LogP contribution in [0.25, 0.3) is 11.0 Å². The predicted octanol–water partition coefficient (Wildman–Crippen LogP) is 5.54. The largest absolute Gasteiger partial charge is 0.336 e. The molecule has 0 atom stereocenters. The van der Waals surface area contributed by atoms with E-state index >= 15 is 0 Å². The quantitative estimate of drug-likeness (QED) is 0.303. The van der Waals surface area contributed by atoms with Gasteiger partial charge in [-0.3, -0.25) is 4.72 Å². The Hall–Kier alpha value is -2.24. The fourth-order valence-corrected chi connectivity index (χ4v) is 4.44. The second-order valence-corrected chi connectivity index (χ2v) is 9.83. The zero-order chi connectivity index (χ0) is 20.4. The van der Waals surface area contributed by atoms with Crippen LogP contribution in [0.4, 0.5) is 17.3 Å². The number of anilines is 3. The van der Waals surface area contributed by atoms with Gasteiger partial charge in [0.1, 0.15) is 0 Å². The van der Waals surface area contributed by atoms with Crippen molar-refractivity contribution in [3.8, 4) is 0 Å². The van der Waals surface area contributed by atoms with E-state index < -0.39 is 10.0 Å².